The molecule has 0 radical (unpaired) electrons. The number of rotatable bonds is 8. The molecule has 3 heteroatoms. The lowest BCUT2D eigenvalue weighted by atomic mass is 9.95. The molecule has 22 heavy (non-hydrogen) atoms. The Morgan fingerprint density at radius 2 is 1.82 bits per heavy atom. The molecule has 0 aromatic carbocycles. The van der Waals surface area contributed by atoms with Crippen LogP contribution < -0.4 is 0 Å². The fraction of sp³-hybridized carbons (Fsp3) is 0.526. The highest BCUT2D eigenvalue weighted by Gasteiger charge is 2.12. The summed E-state index contributed by atoms with van der Waals surface area (Å²) in [5.41, 5.74) is 2.71. The molecule has 0 amide bonds. The van der Waals surface area contributed by atoms with Crippen LogP contribution in [0.25, 0.3) is 0 Å². The predicted molar refractivity (Wildman–Crippen MR) is 92.5 cm³/mol. The van der Waals surface area contributed by atoms with E-state index in [2.05, 4.69) is 13.0 Å². The number of carbonyl (C=O) groups is 1. The monoisotopic (exact) mass is 306 g/mol. The zero-order chi connectivity index (χ0) is 17.1. The average Bonchev–Trinajstić information content (AvgIpc) is 2.49. The summed E-state index contributed by atoms with van der Waals surface area (Å²) >= 11 is 0. The van der Waals surface area contributed by atoms with E-state index in [1.54, 1.807) is 19.9 Å². The Kier molecular flexibility index (Phi) is 10.2. The normalized spacial score (nSPS) is 16.8. The first-order valence-corrected chi connectivity index (χ1v) is 7.88. The zero-order valence-electron chi connectivity index (χ0n) is 14.7. The Hall–Kier alpha value is -1.61. The van der Waals surface area contributed by atoms with Gasteiger partial charge in [0, 0.05) is 11.5 Å². The van der Waals surface area contributed by atoms with Gasteiger partial charge in [-0.25, -0.2) is 4.79 Å². The summed E-state index contributed by atoms with van der Waals surface area (Å²) in [5.74, 6) is -0.322. The highest BCUT2D eigenvalue weighted by molar-refractivity contribution is 5.88. The molecule has 0 heterocycles. The molecule has 0 spiro atoms. The van der Waals surface area contributed by atoms with Gasteiger partial charge in [-0.2, -0.15) is 0 Å². The summed E-state index contributed by atoms with van der Waals surface area (Å²) in [6.45, 7) is 11.9. The van der Waals surface area contributed by atoms with Gasteiger partial charge in [0.25, 0.3) is 0 Å². The van der Waals surface area contributed by atoms with E-state index in [1.807, 2.05) is 39.0 Å². The van der Waals surface area contributed by atoms with Crippen molar-refractivity contribution >= 4 is 5.97 Å². The van der Waals surface area contributed by atoms with Gasteiger partial charge in [0.2, 0.25) is 0 Å². The van der Waals surface area contributed by atoms with Gasteiger partial charge in [-0.05, 0) is 34.1 Å². The van der Waals surface area contributed by atoms with Crippen molar-refractivity contribution in [2.75, 3.05) is 6.61 Å². The van der Waals surface area contributed by atoms with Gasteiger partial charge in [-0.1, -0.05) is 55.4 Å². The molecule has 0 fully saturated rings. The maximum Gasteiger partial charge on any atom is 0.333 e. The van der Waals surface area contributed by atoms with E-state index >= 15 is 0 Å². The van der Waals surface area contributed by atoms with Crippen LogP contribution in [-0.2, 0) is 9.53 Å². The van der Waals surface area contributed by atoms with E-state index in [1.165, 1.54) is 0 Å². The van der Waals surface area contributed by atoms with Crippen molar-refractivity contribution in [3.63, 3.8) is 0 Å². The molecular weight excluding hydrogens is 276 g/mol. The van der Waals surface area contributed by atoms with Crippen LogP contribution in [0, 0.1) is 5.92 Å². The smallest absolute Gasteiger partial charge is 0.333 e. The quantitative estimate of drug-likeness (QED) is 0.412. The molecule has 1 N–H and O–H groups in total. The predicted octanol–water partition coefficient (Wildman–Crippen LogP) is 4.35. The molecule has 3 nitrogen and oxygen atoms in total. The first-order valence-electron chi connectivity index (χ1n) is 7.88. The summed E-state index contributed by atoms with van der Waals surface area (Å²) in [6, 6.07) is 0. The summed E-state index contributed by atoms with van der Waals surface area (Å²) in [5, 5.41) is 10.2. The van der Waals surface area contributed by atoms with Crippen LogP contribution >= 0.6 is 0 Å². The standard InChI is InChI=1S/C19H30O3/c1-7-9-14(3)10-13-18(20)17(6)15(4)11-12-16(5)19(21)22-8-2/h9-13,17-18,20H,7-8H2,1-6H3/b13-10+,14-9+,15-11+,16-12+/t17-,18-/m1/s1. The third-order valence-electron chi connectivity index (χ3n) is 3.51. The van der Waals surface area contributed by atoms with Crippen LogP contribution in [0.2, 0.25) is 0 Å². The summed E-state index contributed by atoms with van der Waals surface area (Å²) < 4.78 is 4.93. The molecule has 0 aliphatic rings. The van der Waals surface area contributed by atoms with E-state index in [4.69, 9.17) is 4.74 Å². The van der Waals surface area contributed by atoms with Crippen LogP contribution in [0.3, 0.4) is 0 Å². The number of aliphatic hydroxyl groups excluding tert-OH is 1. The molecule has 0 aromatic heterocycles. The molecule has 0 saturated carbocycles. The van der Waals surface area contributed by atoms with Crippen LogP contribution in [-0.4, -0.2) is 23.8 Å². The maximum absolute atomic E-state index is 11.5. The Morgan fingerprint density at radius 1 is 1.18 bits per heavy atom. The first-order chi connectivity index (χ1) is 10.3. The van der Waals surface area contributed by atoms with Crippen LogP contribution in [0.15, 0.2) is 47.1 Å². The fourth-order valence-corrected chi connectivity index (χ4v) is 1.80. The second-order valence-electron chi connectivity index (χ2n) is 5.48. The van der Waals surface area contributed by atoms with Gasteiger partial charge in [0.15, 0.2) is 0 Å². The summed E-state index contributed by atoms with van der Waals surface area (Å²) in [4.78, 5) is 11.5. The van der Waals surface area contributed by atoms with Gasteiger partial charge in [0.05, 0.1) is 12.7 Å². The lowest BCUT2D eigenvalue weighted by Gasteiger charge is -2.16. The molecule has 0 aliphatic carbocycles. The highest BCUT2D eigenvalue weighted by Crippen LogP contribution is 2.17. The number of esters is 1. The van der Waals surface area contributed by atoms with Crippen molar-refractivity contribution in [3.05, 3.63) is 47.1 Å². The molecule has 0 aromatic rings. The molecule has 0 saturated heterocycles. The third kappa shape index (κ3) is 7.99. The lowest BCUT2D eigenvalue weighted by Crippen LogP contribution is -2.15. The van der Waals surface area contributed by atoms with E-state index in [9.17, 15) is 9.90 Å². The van der Waals surface area contributed by atoms with Gasteiger partial charge >= 0.3 is 5.97 Å². The number of carbonyl (C=O) groups excluding carboxylic acids is 1. The SMILES string of the molecule is CC/C=C(C)/C=C/[C@@H](O)[C@H](C)/C(C)=C/C=C(\C)C(=O)OCC. The molecular formula is C19H30O3. The third-order valence-corrected chi connectivity index (χ3v) is 3.51. The Morgan fingerprint density at radius 3 is 2.36 bits per heavy atom. The van der Waals surface area contributed by atoms with Crippen LogP contribution in [0.5, 0.6) is 0 Å². The van der Waals surface area contributed by atoms with Crippen LogP contribution in [0.4, 0.5) is 0 Å². The highest BCUT2D eigenvalue weighted by atomic mass is 16.5. The van der Waals surface area contributed by atoms with E-state index in [0.29, 0.717) is 12.2 Å². The van der Waals surface area contributed by atoms with Gasteiger partial charge in [-0.15, -0.1) is 0 Å². The zero-order valence-corrected chi connectivity index (χ0v) is 14.7. The van der Waals surface area contributed by atoms with E-state index < -0.39 is 6.10 Å². The minimum absolute atomic E-state index is 0.0167. The molecule has 0 unspecified atom stereocenters. The average molecular weight is 306 g/mol. The lowest BCUT2D eigenvalue weighted by molar-refractivity contribution is -0.138. The number of allylic oxidation sites excluding steroid dienone is 5. The van der Waals surface area contributed by atoms with Crippen molar-refractivity contribution in [1.29, 1.82) is 0 Å². The van der Waals surface area contributed by atoms with Gasteiger partial charge in [0.1, 0.15) is 0 Å². The number of ether oxygens (including phenoxy) is 1. The number of hydrogen-bond donors (Lipinski definition) is 1. The molecule has 2 atom stereocenters. The molecule has 124 valence electrons. The number of hydrogen-bond acceptors (Lipinski definition) is 3. The van der Waals surface area contributed by atoms with Crippen molar-refractivity contribution in [3.8, 4) is 0 Å². The second-order valence-corrected chi connectivity index (χ2v) is 5.48. The second kappa shape index (κ2) is 11.0. The largest absolute Gasteiger partial charge is 0.463 e. The topological polar surface area (TPSA) is 46.5 Å². The van der Waals surface area contributed by atoms with E-state index in [-0.39, 0.29) is 11.9 Å². The molecule has 0 bridgehead atoms. The Balaban J connectivity index is 4.80. The van der Waals surface area contributed by atoms with Crippen molar-refractivity contribution < 1.29 is 14.6 Å². The number of aliphatic hydroxyl groups is 1. The maximum atomic E-state index is 11.5. The van der Waals surface area contributed by atoms with Gasteiger partial charge in [-0.3, -0.25) is 0 Å². The summed E-state index contributed by atoms with van der Waals surface area (Å²) in [6.07, 6.45) is 9.90. The Labute approximate surface area is 135 Å². The van der Waals surface area contributed by atoms with Crippen molar-refractivity contribution in [2.45, 2.75) is 54.1 Å². The minimum atomic E-state index is -0.548. The van der Waals surface area contributed by atoms with Crippen molar-refractivity contribution in [1.82, 2.24) is 0 Å². The Bertz CT molecular complexity index is 467. The first kappa shape index (κ1) is 20.4. The minimum Gasteiger partial charge on any atom is -0.463 e. The van der Waals surface area contributed by atoms with Gasteiger partial charge < -0.3 is 9.84 Å². The molecule has 0 aliphatic heterocycles. The van der Waals surface area contributed by atoms with Crippen LogP contribution in [0.1, 0.15) is 48.0 Å². The van der Waals surface area contributed by atoms with Crippen molar-refractivity contribution in [2.24, 2.45) is 5.92 Å². The van der Waals surface area contributed by atoms with E-state index in [0.717, 1.165) is 17.6 Å². The summed E-state index contributed by atoms with van der Waals surface area (Å²) in [7, 11) is 0. The fourth-order valence-electron chi connectivity index (χ4n) is 1.80. The molecule has 0 rings (SSSR count).